The van der Waals surface area contributed by atoms with E-state index in [2.05, 4.69) is 0 Å². The van der Waals surface area contributed by atoms with E-state index in [1.807, 2.05) is 77.7 Å². The molecule has 0 unspecified atom stereocenters. The monoisotopic (exact) mass is 379 g/mol. The molecular weight excluding hydrogens is 358 g/mol. The summed E-state index contributed by atoms with van der Waals surface area (Å²) in [7, 11) is 0. The topological polar surface area (TPSA) is 29.5 Å². The summed E-state index contributed by atoms with van der Waals surface area (Å²) in [4.78, 5) is 14.9. The molecule has 0 spiro atoms. The number of amides is 1. The molecule has 0 aliphatic heterocycles. The molecule has 0 heterocycles. The van der Waals surface area contributed by atoms with Crippen molar-refractivity contribution in [3.05, 3.63) is 101 Å². The highest BCUT2D eigenvalue weighted by molar-refractivity contribution is 6.32. The lowest BCUT2D eigenvalue weighted by Crippen LogP contribution is -2.39. The van der Waals surface area contributed by atoms with Crippen molar-refractivity contribution in [2.24, 2.45) is 0 Å². The molecule has 1 amide bonds. The highest BCUT2D eigenvalue weighted by Crippen LogP contribution is 2.25. The molecule has 0 aliphatic rings. The molecule has 0 saturated heterocycles. The summed E-state index contributed by atoms with van der Waals surface area (Å²) in [5.74, 6) is 0.432. The van der Waals surface area contributed by atoms with Gasteiger partial charge >= 0.3 is 0 Å². The molecule has 0 fully saturated rings. The summed E-state index contributed by atoms with van der Waals surface area (Å²) in [6.07, 6.45) is -0.641. The van der Waals surface area contributed by atoms with Crippen molar-refractivity contribution in [1.82, 2.24) is 4.90 Å². The lowest BCUT2D eigenvalue weighted by atomic mass is 10.1. The zero-order chi connectivity index (χ0) is 19.1. The molecule has 0 bridgehead atoms. The van der Waals surface area contributed by atoms with Gasteiger partial charge in [0.2, 0.25) is 0 Å². The van der Waals surface area contributed by atoms with E-state index in [1.165, 1.54) is 0 Å². The van der Waals surface area contributed by atoms with Gasteiger partial charge in [-0.05, 0) is 30.2 Å². The third-order valence-electron chi connectivity index (χ3n) is 4.23. The van der Waals surface area contributed by atoms with Gasteiger partial charge in [-0.1, -0.05) is 84.4 Å². The molecule has 3 nitrogen and oxygen atoms in total. The summed E-state index contributed by atoms with van der Waals surface area (Å²) < 4.78 is 5.84. The van der Waals surface area contributed by atoms with Crippen LogP contribution >= 0.6 is 11.6 Å². The number of nitrogens with zero attached hydrogens (tertiary/aromatic N) is 1. The molecular formula is C23H22ClNO2. The van der Waals surface area contributed by atoms with E-state index in [-0.39, 0.29) is 5.91 Å². The van der Waals surface area contributed by atoms with Crippen molar-refractivity contribution in [1.29, 1.82) is 0 Å². The average Bonchev–Trinajstić information content (AvgIpc) is 2.70. The van der Waals surface area contributed by atoms with Crippen molar-refractivity contribution in [2.45, 2.75) is 26.1 Å². The largest absolute Gasteiger partial charge is 0.479 e. The number of para-hydroxylation sites is 1. The van der Waals surface area contributed by atoms with Gasteiger partial charge in [-0.25, -0.2) is 0 Å². The molecule has 0 N–H and O–H groups in total. The van der Waals surface area contributed by atoms with E-state index >= 15 is 0 Å². The lowest BCUT2D eigenvalue weighted by Gasteiger charge is -2.26. The molecule has 27 heavy (non-hydrogen) atoms. The van der Waals surface area contributed by atoms with Crippen LogP contribution in [-0.2, 0) is 17.9 Å². The third kappa shape index (κ3) is 5.35. The van der Waals surface area contributed by atoms with Crippen LogP contribution in [0.2, 0.25) is 5.02 Å². The van der Waals surface area contributed by atoms with E-state index in [0.717, 1.165) is 11.1 Å². The molecule has 0 saturated carbocycles. The normalized spacial score (nSPS) is 11.6. The predicted octanol–water partition coefficient (Wildman–Crippen LogP) is 5.34. The van der Waals surface area contributed by atoms with Crippen LogP contribution in [0.1, 0.15) is 18.1 Å². The molecule has 0 aliphatic carbocycles. The highest BCUT2D eigenvalue weighted by atomic mass is 35.5. The smallest absolute Gasteiger partial charge is 0.263 e. The molecule has 3 rings (SSSR count). The fourth-order valence-corrected chi connectivity index (χ4v) is 3.04. The summed E-state index contributed by atoms with van der Waals surface area (Å²) in [5, 5.41) is 0.495. The van der Waals surface area contributed by atoms with Gasteiger partial charge in [-0.2, -0.15) is 0 Å². The average molecular weight is 380 g/mol. The molecule has 1 atom stereocenters. The summed E-state index contributed by atoms with van der Waals surface area (Å²) in [5.41, 5.74) is 2.15. The minimum Gasteiger partial charge on any atom is -0.479 e. The van der Waals surface area contributed by atoms with E-state index in [4.69, 9.17) is 16.3 Å². The number of rotatable bonds is 7. The van der Waals surface area contributed by atoms with Crippen molar-refractivity contribution in [3.8, 4) is 5.75 Å². The first kappa shape index (κ1) is 19.0. The first-order valence-corrected chi connectivity index (χ1v) is 9.29. The molecule has 0 aromatic heterocycles. The maximum atomic E-state index is 13.1. The Morgan fingerprint density at radius 3 is 1.85 bits per heavy atom. The summed E-state index contributed by atoms with van der Waals surface area (Å²) >= 11 is 6.16. The van der Waals surface area contributed by atoms with Crippen molar-refractivity contribution in [2.75, 3.05) is 0 Å². The number of halogens is 1. The van der Waals surface area contributed by atoms with Gasteiger partial charge in [-0.15, -0.1) is 0 Å². The Labute approximate surface area is 165 Å². The second-order valence-corrected chi connectivity index (χ2v) is 6.76. The Bertz CT molecular complexity index is 826. The summed E-state index contributed by atoms with van der Waals surface area (Å²) in [6.45, 7) is 2.80. The Morgan fingerprint density at radius 2 is 1.33 bits per heavy atom. The van der Waals surface area contributed by atoms with Gasteiger partial charge in [0.15, 0.2) is 6.10 Å². The van der Waals surface area contributed by atoms with Gasteiger partial charge in [-0.3, -0.25) is 4.79 Å². The first-order chi connectivity index (χ1) is 13.1. The maximum absolute atomic E-state index is 13.1. The molecule has 138 valence electrons. The zero-order valence-corrected chi connectivity index (χ0v) is 16.0. The minimum atomic E-state index is -0.641. The van der Waals surface area contributed by atoms with Gasteiger partial charge in [0.05, 0.1) is 5.02 Å². The van der Waals surface area contributed by atoms with Crippen LogP contribution in [0.15, 0.2) is 84.9 Å². The molecule has 3 aromatic rings. The Kier molecular flexibility index (Phi) is 6.50. The fourth-order valence-electron chi connectivity index (χ4n) is 2.86. The van der Waals surface area contributed by atoms with Gasteiger partial charge < -0.3 is 9.64 Å². The molecule has 4 heteroatoms. The second-order valence-electron chi connectivity index (χ2n) is 6.36. The quantitative estimate of drug-likeness (QED) is 0.554. The number of benzene rings is 3. The van der Waals surface area contributed by atoms with E-state index < -0.39 is 6.10 Å². The Hall–Kier alpha value is -2.78. The van der Waals surface area contributed by atoms with E-state index in [0.29, 0.717) is 23.9 Å². The molecule has 0 radical (unpaired) electrons. The van der Waals surface area contributed by atoms with Crippen molar-refractivity contribution >= 4 is 17.5 Å². The lowest BCUT2D eigenvalue weighted by molar-refractivity contribution is -0.139. The number of carbonyl (C=O) groups excluding carboxylic acids is 1. The van der Waals surface area contributed by atoms with Crippen LogP contribution in [0.4, 0.5) is 0 Å². The van der Waals surface area contributed by atoms with Gasteiger partial charge in [0.1, 0.15) is 5.75 Å². The number of hydrogen-bond donors (Lipinski definition) is 0. The standard InChI is InChI=1S/C23H22ClNO2/c1-18(27-22-15-9-8-14-21(22)24)23(26)25(16-19-10-4-2-5-11-19)17-20-12-6-3-7-13-20/h2-15,18H,16-17H2,1H3/t18-/m1/s1. The first-order valence-electron chi connectivity index (χ1n) is 8.91. The minimum absolute atomic E-state index is 0.0809. The second kappa shape index (κ2) is 9.24. The highest BCUT2D eigenvalue weighted by Gasteiger charge is 2.23. The maximum Gasteiger partial charge on any atom is 0.263 e. The zero-order valence-electron chi connectivity index (χ0n) is 15.2. The SMILES string of the molecule is C[C@@H](Oc1ccccc1Cl)C(=O)N(Cc1ccccc1)Cc1ccccc1. The van der Waals surface area contributed by atoms with Crippen LogP contribution in [0.5, 0.6) is 5.75 Å². The van der Waals surface area contributed by atoms with E-state index in [9.17, 15) is 4.79 Å². The Balaban J connectivity index is 1.77. The van der Waals surface area contributed by atoms with Crippen molar-refractivity contribution in [3.63, 3.8) is 0 Å². The number of hydrogen-bond acceptors (Lipinski definition) is 2. The van der Waals surface area contributed by atoms with Crippen molar-refractivity contribution < 1.29 is 9.53 Å². The van der Waals surface area contributed by atoms with E-state index in [1.54, 1.807) is 19.1 Å². The van der Waals surface area contributed by atoms with Crippen LogP contribution in [-0.4, -0.2) is 16.9 Å². The Morgan fingerprint density at radius 1 is 0.852 bits per heavy atom. The number of ether oxygens (including phenoxy) is 1. The van der Waals surface area contributed by atoms with Crippen LogP contribution < -0.4 is 4.74 Å². The van der Waals surface area contributed by atoms with Gasteiger partial charge in [0, 0.05) is 13.1 Å². The fraction of sp³-hybridized carbons (Fsp3) is 0.174. The van der Waals surface area contributed by atoms with Crippen LogP contribution in [0.3, 0.4) is 0 Å². The predicted molar refractivity (Wildman–Crippen MR) is 109 cm³/mol. The van der Waals surface area contributed by atoms with Gasteiger partial charge in [0.25, 0.3) is 5.91 Å². The summed E-state index contributed by atoms with van der Waals surface area (Å²) in [6, 6.07) is 27.1. The molecule has 3 aromatic carbocycles. The van der Waals surface area contributed by atoms with Crippen LogP contribution in [0, 0.1) is 0 Å². The van der Waals surface area contributed by atoms with Crippen LogP contribution in [0.25, 0.3) is 0 Å². The third-order valence-corrected chi connectivity index (χ3v) is 4.54. The number of carbonyl (C=O) groups is 1.